The molecule has 1 heteroatoms. The summed E-state index contributed by atoms with van der Waals surface area (Å²) in [5.74, 6) is 0.845. The van der Waals surface area contributed by atoms with Gasteiger partial charge in [-0.2, -0.15) is 0 Å². The molecule has 0 N–H and O–H groups in total. The molecule has 3 aliphatic rings. The quantitative estimate of drug-likeness (QED) is 0.504. The van der Waals surface area contributed by atoms with Gasteiger partial charge in [-0.25, -0.2) is 0 Å². The fraction of sp³-hybridized carbons (Fsp3) is 0.667. The number of hydrogen-bond acceptors (Lipinski definition) is 1. The van der Waals surface area contributed by atoms with Crippen LogP contribution in [0.4, 0.5) is 0 Å². The molecule has 1 saturated carbocycles. The molecule has 0 radical (unpaired) electrons. The Kier molecular flexibility index (Phi) is 1.37. The first-order valence-electron chi connectivity index (χ1n) is 4.06. The van der Waals surface area contributed by atoms with E-state index in [2.05, 4.69) is 0 Å². The van der Waals surface area contributed by atoms with Crippen LogP contribution in [0.1, 0.15) is 32.1 Å². The van der Waals surface area contributed by atoms with Crippen LogP contribution in [0.5, 0.6) is 0 Å². The normalized spacial score (nSPS) is 25.6. The first-order chi connectivity index (χ1) is 4.90. The highest BCUT2D eigenvalue weighted by molar-refractivity contribution is 5.75. The summed E-state index contributed by atoms with van der Waals surface area (Å²) < 4.78 is 0. The largest absolute Gasteiger partial charge is 0.298 e. The van der Waals surface area contributed by atoms with Gasteiger partial charge >= 0.3 is 0 Å². The predicted molar refractivity (Wildman–Crippen MR) is 39.7 cm³/mol. The Balaban J connectivity index is 2.30. The summed E-state index contributed by atoms with van der Waals surface area (Å²) in [6.07, 6.45) is 7.25. The molecule has 1 nitrogen and oxygen atoms in total. The van der Waals surface area contributed by atoms with Gasteiger partial charge in [-0.15, -0.1) is 0 Å². The van der Waals surface area contributed by atoms with Crippen LogP contribution in [0.2, 0.25) is 0 Å². The Bertz CT molecular complexity index is 181. The Morgan fingerprint density at radius 1 is 1.30 bits per heavy atom. The smallest absolute Gasteiger partial charge is 0.145 e. The molecule has 0 spiro atoms. The van der Waals surface area contributed by atoms with E-state index in [4.69, 9.17) is 0 Å². The molecule has 1 fully saturated rings. The zero-order valence-corrected chi connectivity index (χ0v) is 6.10. The number of carbonyl (C=O) groups excluding carboxylic acids is 1. The molecule has 0 aromatic rings. The second kappa shape index (κ2) is 2.22. The maximum atomic E-state index is 10.5. The van der Waals surface area contributed by atoms with Gasteiger partial charge in [0.1, 0.15) is 6.29 Å². The summed E-state index contributed by atoms with van der Waals surface area (Å²) in [5.41, 5.74) is 2.58. The van der Waals surface area contributed by atoms with Gasteiger partial charge in [-0.05, 0) is 43.6 Å². The molecule has 2 bridgehead atoms. The zero-order valence-electron chi connectivity index (χ0n) is 6.10. The van der Waals surface area contributed by atoms with Gasteiger partial charge in [0.15, 0.2) is 0 Å². The lowest BCUT2D eigenvalue weighted by molar-refractivity contribution is -0.105. The average Bonchev–Trinajstić information content (AvgIpc) is 2.06. The molecule has 10 heavy (non-hydrogen) atoms. The van der Waals surface area contributed by atoms with Crippen molar-refractivity contribution in [3.05, 3.63) is 11.1 Å². The van der Waals surface area contributed by atoms with Crippen LogP contribution in [-0.4, -0.2) is 6.29 Å². The van der Waals surface area contributed by atoms with Gasteiger partial charge in [0.05, 0.1) is 0 Å². The van der Waals surface area contributed by atoms with E-state index in [0.29, 0.717) is 0 Å². The second-order valence-electron chi connectivity index (χ2n) is 3.39. The van der Waals surface area contributed by atoms with Crippen LogP contribution in [0.25, 0.3) is 0 Å². The van der Waals surface area contributed by atoms with E-state index in [1.165, 1.54) is 31.3 Å². The summed E-state index contributed by atoms with van der Waals surface area (Å²) in [5, 5.41) is 0. The van der Waals surface area contributed by atoms with Crippen molar-refractivity contribution in [3.63, 3.8) is 0 Å². The van der Waals surface area contributed by atoms with Crippen LogP contribution >= 0.6 is 0 Å². The van der Waals surface area contributed by atoms with Gasteiger partial charge in [0, 0.05) is 0 Å². The minimum atomic E-state index is 0.845. The third kappa shape index (κ3) is 0.808. The number of aldehydes is 1. The summed E-state index contributed by atoms with van der Waals surface area (Å²) >= 11 is 0. The van der Waals surface area contributed by atoms with Crippen molar-refractivity contribution < 1.29 is 4.79 Å². The first kappa shape index (κ1) is 6.14. The fourth-order valence-electron chi connectivity index (χ4n) is 2.14. The molecule has 0 atom stereocenters. The summed E-state index contributed by atoms with van der Waals surface area (Å²) in [6.45, 7) is 0. The molecule has 0 heterocycles. The lowest BCUT2D eigenvalue weighted by atomic mass is 9.74. The van der Waals surface area contributed by atoms with Crippen molar-refractivity contribution in [1.29, 1.82) is 0 Å². The highest BCUT2D eigenvalue weighted by atomic mass is 16.1. The lowest BCUT2D eigenvalue weighted by Crippen LogP contribution is -2.17. The third-order valence-electron chi connectivity index (χ3n) is 2.81. The molecule has 0 aromatic carbocycles. The second-order valence-corrected chi connectivity index (χ2v) is 3.39. The SMILES string of the molecule is O=CC1=C2CCC(CC2)C1. The number of hydrogen-bond donors (Lipinski definition) is 0. The van der Waals surface area contributed by atoms with Crippen LogP contribution < -0.4 is 0 Å². The fourth-order valence-corrected chi connectivity index (χ4v) is 2.14. The van der Waals surface area contributed by atoms with Gasteiger partial charge in [-0.1, -0.05) is 5.57 Å². The number of carbonyl (C=O) groups is 1. The zero-order chi connectivity index (χ0) is 6.97. The van der Waals surface area contributed by atoms with E-state index in [9.17, 15) is 4.79 Å². The maximum absolute atomic E-state index is 10.5. The van der Waals surface area contributed by atoms with Crippen molar-refractivity contribution in [3.8, 4) is 0 Å². The molecule has 0 aliphatic heterocycles. The minimum absolute atomic E-state index is 0.845. The first-order valence-corrected chi connectivity index (χ1v) is 4.06. The molecule has 3 rings (SSSR count). The lowest BCUT2D eigenvalue weighted by Gasteiger charge is -2.31. The van der Waals surface area contributed by atoms with E-state index in [1.807, 2.05) is 0 Å². The van der Waals surface area contributed by atoms with E-state index in [-0.39, 0.29) is 0 Å². The Labute approximate surface area is 61.1 Å². The van der Waals surface area contributed by atoms with Crippen LogP contribution in [0, 0.1) is 5.92 Å². The van der Waals surface area contributed by atoms with Gasteiger partial charge in [0.2, 0.25) is 0 Å². The Morgan fingerprint density at radius 2 is 2.00 bits per heavy atom. The Morgan fingerprint density at radius 3 is 2.30 bits per heavy atom. The van der Waals surface area contributed by atoms with E-state index >= 15 is 0 Å². The molecule has 0 saturated heterocycles. The molecular weight excluding hydrogens is 124 g/mol. The topological polar surface area (TPSA) is 17.1 Å². The Hall–Kier alpha value is -0.590. The molecular formula is C9H12O. The van der Waals surface area contributed by atoms with Gasteiger partial charge in [-0.3, -0.25) is 4.79 Å². The molecule has 0 amide bonds. The highest BCUT2D eigenvalue weighted by Gasteiger charge is 2.25. The average molecular weight is 136 g/mol. The van der Waals surface area contributed by atoms with Gasteiger partial charge in [0.25, 0.3) is 0 Å². The van der Waals surface area contributed by atoms with E-state index in [0.717, 1.165) is 24.2 Å². The maximum Gasteiger partial charge on any atom is 0.145 e. The van der Waals surface area contributed by atoms with Crippen molar-refractivity contribution in [2.24, 2.45) is 5.92 Å². The number of fused-ring (bicyclic) bond motifs is 3. The van der Waals surface area contributed by atoms with Crippen molar-refractivity contribution in [2.45, 2.75) is 32.1 Å². The molecule has 0 unspecified atom stereocenters. The summed E-state index contributed by atoms with van der Waals surface area (Å²) in [7, 11) is 0. The summed E-state index contributed by atoms with van der Waals surface area (Å²) in [6, 6.07) is 0. The minimum Gasteiger partial charge on any atom is -0.298 e. The number of rotatable bonds is 1. The van der Waals surface area contributed by atoms with E-state index in [1.54, 1.807) is 0 Å². The molecule has 0 aromatic heterocycles. The third-order valence-corrected chi connectivity index (χ3v) is 2.81. The monoisotopic (exact) mass is 136 g/mol. The van der Waals surface area contributed by atoms with Crippen LogP contribution in [0.15, 0.2) is 11.1 Å². The summed E-state index contributed by atoms with van der Waals surface area (Å²) in [4.78, 5) is 10.5. The van der Waals surface area contributed by atoms with Crippen molar-refractivity contribution >= 4 is 6.29 Å². The predicted octanol–water partition coefficient (Wildman–Crippen LogP) is 2.08. The van der Waals surface area contributed by atoms with Crippen LogP contribution in [-0.2, 0) is 4.79 Å². The number of allylic oxidation sites excluding steroid dienone is 2. The highest BCUT2D eigenvalue weighted by Crippen LogP contribution is 2.39. The van der Waals surface area contributed by atoms with E-state index < -0.39 is 0 Å². The molecule has 54 valence electrons. The van der Waals surface area contributed by atoms with Crippen molar-refractivity contribution in [1.82, 2.24) is 0 Å². The van der Waals surface area contributed by atoms with Crippen molar-refractivity contribution in [2.75, 3.05) is 0 Å². The van der Waals surface area contributed by atoms with Crippen LogP contribution in [0.3, 0.4) is 0 Å². The van der Waals surface area contributed by atoms with Gasteiger partial charge < -0.3 is 0 Å². The standard InChI is InChI=1S/C9H12O/c10-6-9-5-7-1-3-8(9)4-2-7/h6-7H,1-5H2. The molecule has 3 aliphatic carbocycles.